The molecule has 0 aromatic rings. The van der Waals surface area contributed by atoms with Crippen LogP contribution in [0.2, 0.25) is 0 Å². The number of carbonyl (C=O) groups excluding carboxylic acids is 2. The van der Waals surface area contributed by atoms with E-state index in [2.05, 4.69) is 10.6 Å². The van der Waals surface area contributed by atoms with Crippen LogP contribution in [0.5, 0.6) is 0 Å². The molecule has 5 nitrogen and oxygen atoms in total. The summed E-state index contributed by atoms with van der Waals surface area (Å²) in [7, 11) is 0. The highest BCUT2D eigenvalue weighted by atomic mass is 35.5. The molecule has 0 aromatic carbocycles. The summed E-state index contributed by atoms with van der Waals surface area (Å²) in [6, 6.07) is 0.123. The van der Waals surface area contributed by atoms with Crippen molar-refractivity contribution in [1.29, 1.82) is 0 Å². The zero-order valence-electron chi connectivity index (χ0n) is 11.7. The topological polar surface area (TPSA) is 61.4 Å². The number of carbonyl (C=O) groups is 2. The molecular formula is C13H24ClN3O2. The molecule has 6 heteroatoms. The van der Waals surface area contributed by atoms with Gasteiger partial charge in [0.1, 0.15) is 0 Å². The van der Waals surface area contributed by atoms with E-state index < -0.39 is 0 Å². The van der Waals surface area contributed by atoms with Gasteiger partial charge in [0.15, 0.2) is 0 Å². The van der Waals surface area contributed by atoms with E-state index in [0.29, 0.717) is 6.54 Å². The van der Waals surface area contributed by atoms with Crippen molar-refractivity contribution in [3.05, 3.63) is 0 Å². The standard InChI is InChI=1S/C13H23N3O2.ClH/c1-10(17)15-11-4-3-7-16(8-11)12(18)13(2)5-6-14-9-13;/h11,14H,3-9H2,1-2H3,(H,15,17);1H. The van der Waals surface area contributed by atoms with Crippen molar-refractivity contribution >= 4 is 24.2 Å². The van der Waals surface area contributed by atoms with Crippen LogP contribution in [0.25, 0.3) is 0 Å². The number of piperidine rings is 1. The van der Waals surface area contributed by atoms with E-state index in [9.17, 15) is 9.59 Å². The third kappa shape index (κ3) is 3.83. The Morgan fingerprint density at radius 1 is 1.42 bits per heavy atom. The maximum absolute atomic E-state index is 12.5. The molecule has 2 aliphatic rings. The van der Waals surface area contributed by atoms with E-state index >= 15 is 0 Å². The zero-order chi connectivity index (χ0) is 13.2. The monoisotopic (exact) mass is 289 g/mol. The van der Waals surface area contributed by atoms with Crippen molar-refractivity contribution in [2.75, 3.05) is 26.2 Å². The lowest BCUT2D eigenvalue weighted by molar-refractivity contribution is -0.142. The van der Waals surface area contributed by atoms with Crippen LogP contribution in [-0.4, -0.2) is 48.9 Å². The summed E-state index contributed by atoms with van der Waals surface area (Å²) < 4.78 is 0. The van der Waals surface area contributed by atoms with Crippen LogP contribution in [0.1, 0.15) is 33.1 Å². The molecule has 0 aliphatic carbocycles. The van der Waals surface area contributed by atoms with Crippen LogP contribution in [0.3, 0.4) is 0 Å². The molecule has 2 unspecified atom stereocenters. The van der Waals surface area contributed by atoms with Gasteiger partial charge in [-0.05, 0) is 32.7 Å². The van der Waals surface area contributed by atoms with Crippen molar-refractivity contribution in [3.8, 4) is 0 Å². The Balaban J connectivity index is 0.00000180. The first-order valence-corrected chi connectivity index (χ1v) is 6.78. The molecule has 2 atom stereocenters. The van der Waals surface area contributed by atoms with Crippen molar-refractivity contribution in [2.24, 2.45) is 5.41 Å². The highest BCUT2D eigenvalue weighted by Gasteiger charge is 2.40. The third-order valence-corrected chi connectivity index (χ3v) is 4.00. The third-order valence-electron chi connectivity index (χ3n) is 4.00. The van der Waals surface area contributed by atoms with Crippen LogP contribution in [0.15, 0.2) is 0 Å². The van der Waals surface area contributed by atoms with Gasteiger partial charge < -0.3 is 15.5 Å². The van der Waals surface area contributed by atoms with E-state index in [1.165, 1.54) is 6.92 Å². The summed E-state index contributed by atoms with van der Waals surface area (Å²) in [5.74, 6) is 0.227. The van der Waals surface area contributed by atoms with Gasteiger partial charge in [0.25, 0.3) is 0 Å². The summed E-state index contributed by atoms with van der Waals surface area (Å²) in [4.78, 5) is 25.5. The lowest BCUT2D eigenvalue weighted by Crippen LogP contribution is -2.53. The predicted octanol–water partition coefficient (Wildman–Crippen LogP) is 0.535. The molecule has 0 spiro atoms. The second-order valence-corrected chi connectivity index (χ2v) is 5.78. The molecule has 2 heterocycles. The molecule has 0 aromatic heterocycles. The number of halogens is 1. The summed E-state index contributed by atoms with van der Waals surface area (Å²) in [5.41, 5.74) is -0.252. The summed E-state index contributed by atoms with van der Waals surface area (Å²) in [6.45, 7) is 6.75. The Morgan fingerprint density at radius 3 is 2.74 bits per heavy atom. The van der Waals surface area contributed by atoms with Crippen molar-refractivity contribution in [1.82, 2.24) is 15.5 Å². The normalized spacial score (nSPS) is 30.6. The van der Waals surface area contributed by atoms with Crippen molar-refractivity contribution in [3.63, 3.8) is 0 Å². The molecule has 0 saturated carbocycles. The van der Waals surface area contributed by atoms with Crippen LogP contribution in [0, 0.1) is 5.41 Å². The summed E-state index contributed by atoms with van der Waals surface area (Å²) >= 11 is 0. The molecule has 0 bridgehead atoms. The summed E-state index contributed by atoms with van der Waals surface area (Å²) in [6.07, 6.45) is 2.85. The number of nitrogens with zero attached hydrogens (tertiary/aromatic N) is 1. The van der Waals surface area contributed by atoms with Crippen LogP contribution >= 0.6 is 12.4 Å². The average Bonchev–Trinajstić information content (AvgIpc) is 2.76. The first kappa shape index (κ1) is 16.2. The Morgan fingerprint density at radius 2 is 2.16 bits per heavy atom. The van der Waals surface area contributed by atoms with Crippen molar-refractivity contribution in [2.45, 2.75) is 39.2 Å². The Kier molecular flexibility index (Phi) is 5.62. The fraction of sp³-hybridized carbons (Fsp3) is 0.846. The van der Waals surface area contributed by atoms with Crippen LogP contribution < -0.4 is 10.6 Å². The van der Waals surface area contributed by atoms with E-state index in [4.69, 9.17) is 0 Å². The molecule has 2 N–H and O–H groups in total. The molecule has 110 valence electrons. The molecule has 2 aliphatic heterocycles. The van der Waals surface area contributed by atoms with Gasteiger partial charge in [-0.15, -0.1) is 12.4 Å². The van der Waals surface area contributed by atoms with Gasteiger partial charge in [0.05, 0.1) is 5.41 Å². The first-order valence-electron chi connectivity index (χ1n) is 6.78. The highest BCUT2D eigenvalue weighted by Crippen LogP contribution is 2.28. The molecule has 2 saturated heterocycles. The van der Waals surface area contributed by atoms with Crippen LogP contribution in [0.4, 0.5) is 0 Å². The molecule has 2 rings (SSSR count). The Bertz CT molecular complexity index is 343. The second kappa shape index (κ2) is 6.57. The first-order chi connectivity index (χ1) is 8.51. The molecule has 0 radical (unpaired) electrons. The van der Waals surface area contributed by atoms with Gasteiger partial charge in [-0.2, -0.15) is 0 Å². The fourth-order valence-corrected chi connectivity index (χ4v) is 2.95. The fourth-order valence-electron chi connectivity index (χ4n) is 2.95. The van der Waals surface area contributed by atoms with Gasteiger partial charge in [0, 0.05) is 32.6 Å². The predicted molar refractivity (Wildman–Crippen MR) is 76.3 cm³/mol. The zero-order valence-corrected chi connectivity index (χ0v) is 12.5. The van der Waals surface area contributed by atoms with E-state index in [1.807, 2.05) is 11.8 Å². The van der Waals surface area contributed by atoms with E-state index in [-0.39, 0.29) is 35.7 Å². The number of hydrogen-bond acceptors (Lipinski definition) is 3. The maximum Gasteiger partial charge on any atom is 0.229 e. The van der Waals surface area contributed by atoms with Crippen LogP contribution in [-0.2, 0) is 9.59 Å². The Hall–Kier alpha value is -0.810. The lowest BCUT2D eigenvalue weighted by atomic mass is 9.87. The van der Waals surface area contributed by atoms with E-state index in [0.717, 1.165) is 38.9 Å². The quantitative estimate of drug-likeness (QED) is 0.780. The molecule has 2 fully saturated rings. The van der Waals surface area contributed by atoms with Gasteiger partial charge >= 0.3 is 0 Å². The number of rotatable bonds is 2. The lowest BCUT2D eigenvalue weighted by Gasteiger charge is -2.37. The number of likely N-dealkylation sites (tertiary alicyclic amines) is 1. The van der Waals surface area contributed by atoms with Gasteiger partial charge in [-0.3, -0.25) is 9.59 Å². The maximum atomic E-state index is 12.5. The minimum atomic E-state index is -0.252. The molecular weight excluding hydrogens is 266 g/mol. The highest BCUT2D eigenvalue weighted by molar-refractivity contribution is 5.85. The largest absolute Gasteiger partial charge is 0.352 e. The number of hydrogen-bond donors (Lipinski definition) is 2. The van der Waals surface area contributed by atoms with E-state index in [1.54, 1.807) is 0 Å². The molecule has 19 heavy (non-hydrogen) atoms. The molecule has 2 amide bonds. The van der Waals surface area contributed by atoms with Gasteiger partial charge in [0.2, 0.25) is 11.8 Å². The van der Waals surface area contributed by atoms with Gasteiger partial charge in [-0.25, -0.2) is 0 Å². The minimum absolute atomic E-state index is 0. The average molecular weight is 290 g/mol. The second-order valence-electron chi connectivity index (χ2n) is 5.78. The number of amides is 2. The van der Waals surface area contributed by atoms with Crippen molar-refractivity contribution < 1.29 is 9.59 Å². The Labute approximate surface area is 120 Å². The minimum Gasteiger partial charge on any atom is -0.352 e. The summed E-state index contributed by atoms with van der Waals surface area (Å²) in [5, 5.41) is 6.18. The van der Waals surface area contributed by atoms with Gasteiger partial charge in [-0.1, -0.05) is 0 Å². The smallest absolute Gasteiger partial charge is 0.229 e. The SMILES string of the molecule is CC(=O)NC1CCCN(C(=O)C2(C)CCNC2)C1.Cl. The number of nitrogens with one attached hydrogen (secondary N) is 2.